The minimum absolute atomic E-state index is 0.0418. The maximum absolute atomic E-state index is 13.7. The Hall–Kier alpha value is -2.72. The lowest BCUT2D eigenvalue weighted by Crippen LogP contribution is -2.44. The van der Waals surface area contributed by atoms with Crippen LogP contribution >= 0.6 is 0 Å². The second-order valence-corrected chi connectivity index (χ2v) is 9.49. The van der Waals surface area contributed by atoms with Gasteiger partial charge in [0.05, 0.1) is 17.1 Å². The lowest BCUT2D eigenvalue weighted by Gasteiger charge is -2.34. The van der Waals surface area contributed by atoms with Gasteiger partial charge in [0, 0.05) is 13.1 Å². The molecular formula is C19H20FN5O3S. The Morgan fingerprint density at radius 1 is 1.31 bits per heavy atom. The number of nitrogens with two attached hydrogens (primary N) is 1. The molecule has 0 radical (unpaired) electrons. The zero-order valence-corrected chi connectivity index (χ0v) is 16.6. The largest absolute Gasteiger partial charge is 0.384 e. The normalized spacial score (nSPS) is 18.5. The Morgan fingerprint density at radius 2 is 2.10 bits per heavy atom. The van der Waals surface area contributed by atoms with Crippen LogP contribution in [-0.2, 0) is 14.6 Å². The molecule has 2 aromatic heterocycles. The Kier molecular flexibility index (Phi) is 3.88. The summed E-state index contributed by atoms with van der Waals surface area (Å²) >= 11 is 0. The molecule has 3 heterocycles. The highest BCUT2D eigenvalue weighted by molar-refractivity contribution is 7.92. The molecule has 5 rings (SSSR count). The van der Waals surface area contributed by atoms with Crippen LogP contribution in [0.3, 0.4) is 0 Å². The third kappa shape index (κ3) is 2.94. The lowest BCUT2D eigenvalue weighted by molar-refractivity contribution is 0.0204. The Bertz CT molecular complexity index is 1240. The van der Waals surface area contributed by atoms with Gasteiger partial charge in [-0.2, -0.15) is 0 Å². The van der Waals surface area contributed by atoms with Crippen molar-refractivity contribution < 1.29 is 17.5 Å². The number of sulfone groups is 1. The fraction of sp³-hybridized carbons (Fsp3) is 0.368. The number of hydrogen-bond acceptors (Lipinski definition) is 7. The van der Waals surface area contributed by atoms with E-state index in [4.69, 9.17) is 10.5 Å². The summed E-state index contributed by atoms with van der Waals surface area (Å²) in [5.41, 5.74) is 6.64. The number of aryl methyl sites for hydroxylation is 1. The fourth-order valence-corrected chi connectivity index (χ4v) is 5.38. The summed E-state index contributed by atoms with van der Waals surface area (Å²) in [6.07, 6.45) is 2.01. The highest BCUT2D eigenvalue weighted by Crippen LogP contribution is 2.44. The summed E-state index contributed by atoms with van der Waals surface area (Å²) in [7, 11) is -4.08. The van der Waals surface area contributed by atoms with E-state index in [0.29, 0.717) is 36.9 Å². The van der Waals surface area contributed by atoms with Crippen molar-refractivity contribution in [2.45, 2.75) is 35.2 Å². The summed E-state index contributed by atoms with van der Waals surface area (Å²) < 4.78 is 46.0. The molecule has 152 valence electrons. The summed E-state index contributed by atoms with van der Waals surface area (Å²) in [5.74, 6) is 0.354. The zero-order valence-electron chi connectivity index (χ0n) is 15.8. The fourth-order valence-electron chi connectivity index (χ4n) is 3.88. The molecule has 1 aliphatic carbocycles. The minimum Gasteiger partial charge on any atom is -0.384 e. The van der Waals surface area contributed by atoms with E-state index in [1.54, 1.807) is 6.92 Å². The number of halogens is 1. The highest BCUT2D eigenvalue weighted by atomic mass is 32.2. The molecule has 3 aromatic rings. The molecule has 1 saturated carbocycles. The average Bonchev–Trinajstić information content (AvgIpc) is 3.31. The first-order valence-electron chi connectivity index (χ1n) is 9.34. The quantitative estimate of drug-likeness (QED) is 0.671. The number of aromatic nitrogens is 3. The molecule has 8 nitrogen and oxygen atoms in total. The number of benzene rings is 1. The molecule has 2 aliphatic rings. The number of ether oxygens (including phenoxy) is 1. The third-order valence-corrected chi connectivity index (χ3v) is 7.28. The first-order valence-corrected chi connectivity index (χ1v) is 10.8. The van der Waals surface area contributed by atoms with Crippen molar-refractivity contribution in [2.24, 2.45) is 0 Å². The number of fused-ring (bicyclic) bond motifs is 1. The van der Waals surface area contributed by atoms with E-state index in [2.05, 4.69) is 19.9 Å². The summed E-state index contributed by atoms with van der Waals surface area (Å²) in [4.78, 5) is 13.6. The van der Waals surface area contributed by atoms with Crippen LogP contribution in [0.5, 0.6) is 0 Å². The third-order valence-electron chi connectivity index (χ3n) is 5.45. The van der Waals surface area contributed by atoms with Crippen LogP contribution in [0.1, 0.15) is 18.7 Å². The molecule has 0 unspecified atom stereocenters. The van der Waals surface area contributed by atoms with Gasteiger partial charge in [-0.05, 0) is 38.0 Å². The minimum atomic E-state index is -4.08. The van der Waals surface area contributed by atoms with Gasteiger partial charge in [0.1, 0.15) is 33.4 Å². The number of nitrogen functional groups attached to an aromatic ring is 1. The van der Waals surface area contributed by atoms with Gasteiger partial charge in [-0.3, -0.25) is 0 Å². The molecule has 1 spiro atoms. The predicted molar refractivity (Wildman–Crippen MR) is 105 cm³/mol. The SMILES string of the molecule is Cc1nc(N2CCOC3(CC3)C2)c2[nH]c(N)c(S(=O)(=O)c3cccc(F)c3)c2n1. The molecule has 1 saturated heterocycles. The van der Waals surface area contributed by atoms with Crippen LogP contribution in [-0.4, -0.2) is 48.7 Å². The smallest absolute Gasteiger partial charge is 0.212 e. The van der Waals surface area contributed by atoms with E-state index in [1.807, 2.05) is 0 Å². The molecular weight excluding hydrogens is 397 g/mol. The zero-order chi connectivity index (χ0) is 20.4. The first-order chi connectivity index (χ1) is 13.8. The van der Waals surface area contributed by atoms with Crippen molar-refractivity contribution in [1.82, 2.24) is 15.0 Å². The van der Waals surface area contributed by atoms with Gasteiger partial charge in [0.25, 0.3) is 0 Å². The van der Waals surface area contributed by atoms with Crippen molar-refractivity contribution in [2.75, 3.05) is 30.3 Å². The van der Waals surface area contributed by atoms with Crippen LogP contribution < -0.4 is 10.6 Å². The molecule has 1 aliphatic heterocycles. The van der Waals surface area contributed by atoms with Crippen LogP contribution in [0.25, 0.3) is 11.0 Å². The number of morpholine rings is 1. The molecule has 0 atom stereocenters. The van der Waals surface area contributed by atoms with E-state index in [1.165, 1.54) is 18.2 Å². The van der Waals surface area contributed by atoms with Crippen LogP contribution in [0.15, 0.2) is 34.1 Å². The molecule has 1 aromatic carbocycles. The molecule has 3 N–H and O–H groups in total. The van der Waals surface area contributed by atoms with Crippen LogP contribution in [0.2, 0.25) is 0 Å². The second-order valence-electron chi connectivity index (χ2n) is 7.60. The number of anilines is 2. The molecule has 10 heteroatoms. The Balaban J connectivity index is 1.68. The molecule has 0 amide bonds. The van der Waals surface area contributed by atoms with Gasteiger partial charge < -0.3 is 20.4 Å². The van der Waals surface area contributed by atoms with Gasteiger partial charge in [0.2, 0.25) is 9.84 Å². The van der Waals surface area contributed by atoms with Gasteiger partial charge in [-0.1, -0.05) is 6.07 Å². The van der Waals surface area contributed by atoms with E-state index in [9.17, 15) is 12.8 Å². The Labute approximate surface area is 166 Å². The van der Waals surface area contributed by atoms with Gasteiger partial charge in [-0.15, -0.1) is 0 Å². The number of rotatable bonds is 3. The number of aromatic amines is 1. The van der Waals surface area contributed by atoms with Crippen LogP contribution in [0, 0.1) is 12.7 Å². The maximum atomic E-state index is 13.7. The molecule has 0 bridgehead atoms. The molecule has 2 fully saturated rings. The lowest BCUT2D eigenvalue weighted by atomic mass is 10.2. The van der Waals surface area contributed by atoms with Crippen molar-refractivity contribution >= 4 is 32.5 Å². The van der Waals surface area contributed by atoms with Crippen molar-refractivity contribution in [1.29, 1.82) is 0 Å². The average molecular weight is 417 g/mol. The van der Waals surface area contributed by atoms with Crippen LogP contribution in [0.4, 0.5) is 16.0 Å². The monoisotopic (exact) mass is 417 g/mol. The van der Waals surface area contributed by atoms with Gasteiger partial charge >= 0.3 is 0 Å². The summed E-state index contributed by atoms with van der Waals surface area (Å²) in [6.45, 7) is 3.61. The second kappa shape index (κ2) is 6.14. The van der Waals surface area contributed by atoms with E-state index < -0.39 is 15.7 Å². The van der Waals surface area contributed by atoms with Crippen molar-refractivity contribution in [3.05, 3.63) is 35.9 Å². The Morgan fingerprint density at radius 3 is 2.83 bits per heavy atom. The summed E-state index contributed by atoms with van der Waals surface area (Å²) in [6, 6.07) is 4.85. The van der Waals surface area contributed by atoms with E-state index in [0.717, 1.165) is 18.9 Å². The topological polar surface area (TPSA) is 114 Å². The maximum Gasteiger partial charge on any atom is 0.212 e. The number of nitrogens with one attached hydrogen (secondary N) is 1. The summed E-state index contributed by atoms with van der Waals surface area (Å²) in [5, 5.41) is 0. The number of hydrogen-bond donors (Lipinski definition) is 2. The van der Waals surface area contributed by atoms with E-state index in [-0.39, 0.29) is 26.7 Å². The van der Waals surface area contributed by atoms with Gasteiger partial charge in [-0.25, -0.2) is 22.8 Å². The van der Waals surface area contributed by atoms with Crippen molar-refractivity contribution in [3.63, 3.8) is 0 Å². The number of nitrogens with zero attached hydrogens (tertiary/aromatic N) is 3. The first kappa shape index (κ1) is 18.3. The van der Waals surface area contributed by atoms with Crippen molar-refractivity contribution in [3.8, 4) is 0 Å². The predicted octanol–water partition coefficient (Wildman–Crippen LogP) is 2.19. The number of H-pyrrole nitrogens is 1. The highest BCUT2D eigenvalue weighted by Gasteiger charge is 2.48. The van der Waals surface area contributed by atoms with Gasteiger partial charge in [0.15, 0.2) is 5.82 Å². The molecule has 29 heavy (non-hydrogen) atoms. The van der Waals surface area contributed by atoms with E-state index >= 15 is 0 Å². The standard InChI is InChI=1S/C19H20FN5O3S/c1-11-22-14-15(18(23-11)25-7-8-28-19(10-25)5-6-19)24-17(21)16(14)29(26,27)13-4-2-3-12(20)9-13/h2-4,9,24H,5-8,10,21H2,1H3.